The molecule has 0 saturated heterocycles. The number of para-hydroxylation sites is 1. The number of hydrogen-bond donors (Lipinski definition) is 3. The Bertz CT molecular complexity index is 942. The molecule has 10 heteroatoms. The molecule has 0 radical (unpaired) electrons. The van der Waals surface area contributed by atoms with Crippen LogP contribution < -0.4 is 21.2 Å². The molecule has 2 amide bonds. The number of nitrogen functional groups attached to an aromatic ring is 1. The first-order valence-electron chi connectivity index (χ1n) is 8.12. The highest BCUT2D eigenvalue weighted by molar-refractivity contribution is 6.07. The number of nitro groups is 1. The maximum Gasteiger partial charge on any atom is 0.273 e. The van der Waals surface area contributed by atoms with Gasteiger partial charge in [-0.1, -0.05) is 12.1 Å². The van der Waals surface area contributed by atoms with Gasteiger partial charge >= 0.3 is 0 Å². The molecule has 0 atom stereocenters. The summed E-state index contributed by atoms with van der Waals surface area (Å²) in [5, 5.41) is 17.3. The highest BCUT2D eigenvalue weighted by atomic mass is 16.6. The van der Waals surface area contributed by atoms with Crippen LogP contribution in [0.1, 0.15) is 23.7 Å². The first-order chi connectivity index (χ1) is 13.3. The Morgan fingerprint density at radius 1 is 1.25 bits per heavy atom. The van der Waals surface area contributed by atoms with Crippen molar-refractivity contribution in [2.24, 2.45) is 5.10 Å². The van der Waals surface area contributed by atoms with E-state index in [9.17, 15) is 19.7 Å². The maximum atomic E-state index is 12.2. The molecule has 0 unspecified atom stereocenters. The van der Waals surface area contributed by atoms with Crippen molar-refractivity contribution >= 4 is 34.6 Å². The van der Waals surface area contributed by atoms with Gasteiger partial charge in [0.25, 0.3) is 11.6 Å². The molecular formula is C18H19N5O5. The summed E-state index contributed by atoms with van der Waals surface area (Å²) in [5.41, 5.74) is 8.93. The van der Waals surface area contributed by atoms with Crippen LogP contribution in [-0.4, -0.2) is 29.6 Å². The highest BCUT2D eigenvalue weighted by Crippen LogP contribution is 2.28. The largest absolute Gasteiger partial charge is 0.495 e. The number of anilines is 2. The number of nitro benzene ring substituents is 1. The lowest BCUT2D eigenvalue weighted by Gasteiger charge is -2.10. The van der Waals surface area contributed by atoms with E-state index in [1.807, 2.05) is 0 Å². The van der Waals surface area contributed by atoms with Crippen LogP contribution in [0.5, 0.6) is 5.75 Å². The molecule has 0 aromatic heterocycles. The fourth-order valence-corrected chi connectivity index (χ4v) is 2.28. The normalized spacial score (nSPS) is 10.9. The number of non-ortho nitro benzene ring substituents is 1. The number of hydrazone groups is 1. The summed E-state index contributed by atoms with van der Waals surface area (Å²) in [6.07, 6.45) is -0.142. The van der Waals surface area contributed by atoms with Crippen molar-refractivity contribution in [3.63, 3.8) is 0 Å². The third-order valence-electron chi connectivity index (χ3n) is 3.64. The van der Waals surface area contributed by atoms with Crippen molar-refractivity contribution in [3.8, 4) is 5.75 Å². The minimum atomic E-state index is -0.577. The van der Waals surface area contributed by atoms with Crippen LogP contribution in [-0.2, 0) is 4.79 Å². The van der Waals surface area contributed by atoms with Crippen LogP contribution in [0.2, 0.25) is 0 Å². The standard InChI is InChI=1S/C18H19N5O5/c1-11(21-22-18(25)13-5-3-4-6-14(13)19)9-17(24)20-15-10-12(23(26)27)7-8-16(15)28-2/h3-8,10H,9,19H2,1-2H3,(H,20,24)(H,22,25). The van der Waals surface area contributed by atoms with Crippen LogP contribution in [0.3, 0.4) is 0 Å². The average molecular weight is 385 g/mol. The third-order valence-corrected chi connectivity index (χ3v) is 3.64. The minimum absolute atomic E-state index is 0.142. The van der Waals surface area contributed by atoms with Crippen molar-refractivity contribution < 1.29 is 19.2 Å². The minimum Gasteiger partial charge on any atom is -0.495 e. The van der Waals surface area contributed by atoms with Crippen LogP contribution >= 0.6 is 0 Å². The second-order valence-electron chi connectivity index (χ2n) is 5.74. The number of nitrogens with one attached hydrogen (secondary N) is 2. The maximum absolute atomic E-state index is 12.2. The van der Waals surface area contributed by atoms with Gasteiger partial charge in [-0.25, -0.2) is 5.43 Å². The number of carbonyl (C=O) groups excluding carboxylic acids is 2. The van der Waals surface area contributed by atoms with E-state index in [0.29, 0.717) is 11.4 Å². The molecule has 28 heavy (non-hydrogen) atoms. The fraction of sp³-hybridized carbons (Fsp3) is 0.167. The zero-order chi connectivity index (χ0) is 20.7. The Labute approximate surface area is 160 Å². The summed E-state index contributed by atoms with van der Waals surface area (Å²) in [7, 11) is 1.38. The van der Waals surface area contributed by atoms with E-state index in [1.54, 1.807) is 31.2 Å². The number of ether oxygens (including phenoxy) is 1. The number of nitrogens with zero attached hydrogens (tertiary/aromatic N) is 2. The van der Waals surface area contributed by atoms with Gasteiger partial charge in [0.05, 0.1) is 29.7 Å². The van der Waals surface area contributed by atoms with E-state index in [-0.39, 0.29) is 29.1 Å². The van der Waals surface area contributed by atoms with E-state index in [1.165, 1.54) is 25.3 Å². The number of rotatable bonds is 7. The van der Waals surface area contributed by atoms with Gasteiger partial charge in [0.1, 0.15) is 5.75 Å². The molecule has 0 spiro atoms. The summed E-state index contributed by atoms with van der Waals surface area (Å²) in [6.45, 7) is 1.55. The van der Waals surface area contributed by atoms with Crippen molar-refractivity contribution in [3.05, 3.63) is 58.1 Å². The second kappa shape index (κ2) is 9.12. The summed E-state index contributed by atoms with van der Waals surface area (Å²) in [4.78, 5) is 34.6. The van der Waals surface area contributed by atoms with Gasteiger partial charge in [-0.2, -0.15) is 5.10 Å². The van der Waals surface area contributed by atoms with Gasteiger partial charge in [-0.05, 0) is 25.1 Å². The van der Waals surface area contributed by atoms with E-state index >= 15 is 0 Å². The third kappa shape index (κ3) is 5.27. The van der Waals surface area contributed by atoms with E-state index in [4.69, 9.17) is 10.5 Å². The molecule has 0 aliphatic carbocycles. The summed E-state index contributed by atoms with van der Waals surface area (Å²) in [6, 6.07) is 10.4. The lowest BCUT2D eigenvalue weighted by Crippen LogP contribution is -2.22. The Balaban J connectivity index is 2.01. The second-order valence-corrected chi connectivity index (χ2v) is 5.74. The van der Waals surface area contributed by atoms with E-state index < -0.39 is 16.7 Å². The molecule has 2 aromatic rings. The van der Waals surface area contributed by atoms with Crippen molar-refractivity contribution in [2.75, 3.05) is 18.2 Å². The van der Waals surface area contributed by atoms with Gasteiger partial charge < -0.3 is 15.8 Å². The van der Waals surface area contributed by atoms with Crippen molar-refractivity contribution in [2.45, 2.75) is 13.3 Å². The predicted molar refractivity (Wildman–Crippen MR) is 104 cm³/mol. The lowest BCUT2D eigenvalue weighted by molar-refractivity contribution is -0.384. The molecular weight excluding hydrogens is 366 g/mol. The van der Waals surface area contributed by atoms with Gasteiger partial charge in [0.2, 0.25) is 5.91 Å². The lowest BCUT2D eigenvalue weighted by atomic mass is 10.2. The molecule has 0 heterocycles. The number of nitrogens with two attached hydrogens (primary N) is 1. The first-order valence-corrected chi connectivity index (χ1v) is 8.12. The van der Waals surface area contributed by atoms with E-state index in [2.05, 4.69) is 15.8 Å². The zero-order valence-electron chi connectivity index (χ0n) is 15.3. The summed E-state index contributed by atoms with van der Waals surface area (Å²) >= 11 is 0. The topological polar surface area (TPSA) is 149 Å². The Kier molecular flexibility index (Phi) is 6.63. The van der Waals surface area contributed by atoms with Crippen LogP contribution in [0.25, 0.3) is 0 Å². The van der Waals surface area contributed by atoms with Gasteiger partial charge in [-0.3, -0.25) is 19.7 Å². The Hall–Kier alpha value is -3.95. The molecule has 2 rings (SSSR count). The molecule has 0 aliphatic rings. The highest BCUT2D eigenvalue weighted by Gasteiger charge is 2.14. The van der Waals surface area contributed by atoms with Crippen LogP contribution in [0, 0.1) is 10.1 Å². The first kappa shape index (κ1) is 20.4. The van der Waals surface area contributed by atoms with Gasteiger partial charge in [0.15, 0.2) is 0 Å². The Morgan fingerprint density at radius 2 is 1.96 bits per heavy atom. The van der Waals surface area contributed by atoms with E-state index in [0.717, 1.165) is 0 Å². The van der Waals surface area contributed by atoms with Crippen LogP contribution in [0.4, 0.5) is 17.1 Å². The molecule has 10 nitrogen and oxygen atoms in total. The molecule has 0 fully saturated rings. The van der Waals surface area contributed by atoms with Crippen molar-refractivity contribution in [1.29, 1.82) is 0 Å². The monoisotopic (exact) mass is 385 g/mol. The number of carbonyl (C=O) groups is 2. The zero-order valence-corrected chi connectivity index (χ0v) is 15.3. The fourth-order valence-electron chi connectivity index (χ4n) is 2.28. The van der Waals surface area contributed by atoms with Gasteiger partial charge in [-0.15, -0.1) is 0 Å². The van der Waals surface area contributed by atoms with Gasteiger partial charge in [0, 0.05) is 23.5 Å². The predicted octanol–water partition coefficient (Wildman–Crippen LogP) is 2.32. The number of amides is 2. The molecule has 4 N–H and O–H groups in total. The quantitative estimate of drug-likeness (QED) is 0.288. The molecule has 2 aromatic carbocycles. The number of benzene rings is 2. The molecule has 0 saturated carbocycles. The SMILES string of the molecule is COc1ccc([N+](=O)[O-])cc1NC(=O)CC(C)=NNC(=O)c1ccccc1N. The summed E-state index contributed by atoms with van der Waals surface area (Å²) in [5.74, 6) is -0.701. The molecule has 0 aliphatic heterocycles. The number of methoxy groups -OCH3 is 1. The number of hydrogen-bond acceptors (Lipinski definition) is 7. The average Bonchev–Trinajstić information content (AvgIpc) is 2.66. The molecule has 146 valence electrons. The van der Waals surface area contributed by atoms with Crippen molar-refractivity contribution in [1.82, 2.24) is 5.43 Å². The Morgan fingerprint density at radius 3 is 2.61 bits per heavy atom. The van der Waals surface area contributed by atoms with Crippen LogP contribution in [0.15, 0.2) is 47.6 Å². The molecule has 0 bridgehead atoms. The summed E-state index contributed by atoms with van der Waals surface area (Å²) < 4.78 is 5.09. The smallest absolute Gasteiger partial charge is 0.273 e.